The minimum atomic E-state index is -0.389. The normalized spacial score (nSPS) is 21.5. The van der Waals surface area contributed by atoms with Crippen LogP contribution in [0.5, 0.6) is 0 Å². The third kappa shape index (κ3) is 2.06. The molecule has 1 saturated heterocycles. The van der Waals surface area contributed by atoms with Crippen molar-refractivity contribution >= 4 is 34.9 Å². The van der Waals surface area contributed by atoms with Crippen molar-refractivity contribution in [1.29, 1.82) is 0 Å². The Labute approximate surface area is 105 Å². The van der Waals surface area contributed by atoms with Crippen LogP contribution >= 0.6 is 22.9 Å². The second kappa shape index (κ2) is 4.27. The first kappa shape index (κ1) is 10.4. The van der Waals surface area contributed by atoms with Crippen molar-refractivity contribution < 1.29 is 9.53 Å². The van der Waals surface area contributed by atoms with Gasteiger partial charge in [-0.05, 0) is 29.1 Å². The summed E-state index contributed by atoms with van der Waals surface area (Å²) in [5.41, 5.74) is 1.07. The molecule has 1 N–H and O–H groups in total. The fraction of sp³-hybridized carbons (Fsp3) is 0.100. The highest BCUT2D eigenvalue weighted by atomic mass is 32.1. The number of hydrogen-bond donors (Lipinski definition) is 1. The number of rotatable bonds is 2. The van der Waals surface area contributed by atoms with Crippen LogP contribution < -0.4 is 5.32 Å². The van der Waals surface area contributed by atoms with Gasteiger partial charge in [0.05, 0.1) is 4.88 Å². The summed E-state index contributed by atoms with van der Waals surface area (Å²) in [7, 11) is 0. The summed E-state index contributed by atoms with van der Waals surface area (Å²) < 4.78 is 8.94. The lowest BCUT2D eigenvalue weighted by molar-refractivity contribution is -0.139. The number of hydrogen-bond acceptors (Lipinski definition) is 7. The fourth-order valence-corrected chi connectivity index (χ4v) is 2.57. The van der Waals surface area contributed by atoms with Gasteiger partial charge >= 0.3 is 5.97 Å². The minimum Gasteiger partial charge on any atom is -0.432 e. The van der Waals surface area contributed by atoms with Crippen molar-refractivity contribution in [2.45, 2.75) is 6.23 Å². The summed E-state index contributed by atoms with van der Waals surface area (Å²) >= 11 is 2.78. The molecule has 1 aliphatic rings. The Morgan fingerprint density at radius 2 is 2.47 bits per heavy atom. The van der Waals surface area contributed by atoms with Crippen molar-refractivity contribution in [2.75, 3.05) is 0 Å². The fourth-order valence-electron chi connectivity index (χ4n) is 1.45. The van der Waals surface area contributed by atoms with Gasteiger partial charge < -0.3 is 10.1 Å². The Bertz CT molecular complexity index is 548. The van der Waals surface area contributed by atoms with E-state index >= 15 is 0 Å². The molecule has 3 rings (SSSR count). The summed E-state index contributed by atoms with van der Waals surface area (Å²) in [5.74, 6) is -0.364. The molecule has 1 fully saturated rings. The van der Waals surface area contributed by atoms with E-state index in [0.717, 1.165) is 4.88 Å². The quantitative estimate of drug-likeness (QED) is 0.662. The maximum absolute atomic E-state index is 11.6. The van der Waals surface area contributed by atoms with Crippen LogP contribution in [-0.2, 0) is 9.53 Å². The molecule has 0 spiro atoms. The highest BCUT2D eigenvalue weighted by Gasteiger charge is 2.29. The van der Waals surface area contributed by atoms with Gasteiger partial charge in [-0.2, -0.15) is 0 Å². The molecule has 0 aromatic carbocycles. The van der Waals surface area contributed by atoms with Gasteiger partial charge in [0.15, 0.2) is 0 Å². The molecule has 17 heavy (non-hydrogen) atoms. The molecule has 3 heterocycles. The molecule has 0 radical (unpaired) electrons. The molecule has 0 bridgehead atoms. The van der Waals surface area contributed by atoms with E-state index in [1.54, 1.807) is 11.5 Å². The van der Waals surface area contributed by atoms with Crippen LogP contribution in [0.25, 0.3) is 6.08 Å². The molecule has 0 amide bonds. The van der Waals surface area contributed by atoms with E-state index in [0.29, 0.717) is 11.4 Å². The molecule has 1 atom stereocenters. The first-order valence-electron chi connectivity index (χ1n) is 4.82. The van der Waals surface area contributed by atoms with E-state index in [1.165, 1.54) is 22.9 Å². The van der Waals surface area contributed by atoms with Crippen LogP contribution in [0, 0.1) is 0 Å². The van der Waals surface area contributed by atoms with Crippen LogP contribution in [0.2, 0.25) is 0 Å². The highest BCUT2D eigenvalue weighted by molar-refractivity contribution is 7.10. The summed E-state index contributed by atoms with van der Waals surface area (Å²) in [4.78, 5) is 12.6. The maximum atomic E-state index is 11.6. The molecule has 2 aromatic rings. The molecule has 1 unspecified atom stereocenters. The van der Waals surface area contributed by atoms with Crippen molar-refractivity contribution in [2.24, 2.45) is 0 Å². The van der Waals surface area contributed by atoms with Crippen LogP contribution in [0.4, 0.5) is 0 Å². The van der Waals surface area contributed by atoms with Crippen LogP contribution in [-0.4, -0.2) is 15.6 Å². The Morgan fingerprint density at radius 1 is 1.53 bits per heavy atom. The van der Waals surface area contributed by atoms with E-state index in [9.17, 15) is 4.79 Å². The summed E-state index contributed by atoms with van der Waals surface area (Å²) in [6.45, 7) is 0. The number of ether oxygens (including phenoxy) is 1. The monoisotopic (exact) mass is 265 g/mol. The van der Waals surface area contributed by atoms with Gasteiger partial charge in [0.2, 0.25) is 6.23 Å². The third-order valence-corrected chi connectivity index (χ3v) is 3.64. The summed E-state index contributed by atoms with van der Waals surface area (Å²) in [6.07, 6.45) is 1.25. The Morgan fingerprint density at radius 3 is 3.18 bits per heavy atom. The lowest BCUT2D eigenvalue weighted by Gasteiger charge is -2.05. The number of esters is 1. The second-order valence-corrected chi connectivity index (χ2v) is 4.92. The Hall–Kier alpha value is -1.73. The number of aromatic nitrogens is 2. The number of thiophene rings is 1. The average molecular weight is 265 g/mol. The first-order valence-corrected chi connectivity index (χ1v) is 6.54. The smallest absolute Gasteiger partial charge is 0.356 e. The number of carbonyl (C=O) groups excluding carboxylic acids is 1. The zero-order valence-corrected chi connectivity index (χ0v) is 10.1. The lowest BCUT2D eigenvalue weighted by atomic mass is 10.3. The van der Waals surface area contributed by atoms with Crippen molar-refractivity contribution in [1.82, 2.24) is 14.9 Å². The van der Waals surface area contributed by atoms with E-state index in [2.05, 4.69) is 14.9 Å². The van der Waals surface area contributed by atoms with E-state index < -0.39 is 0 Å². The average Bonchev–Trinajstić information content (AvgIpc) is 3.02. The molecule has 5 nitrogen and oxygen atoms in total. The third-order valence-electron chi connectivity index (χ3n) is 2.20. The largest absolute Gasteiger partial charge is 0.432 e. The number of carbonyl (C=O) groups is 1. The second-order valence-electron chi connectivity index (χ2n) is 3.33. The minimum absolute atomic E-state index is 0.364. The summed E-state index contributed by atoms with van der Waals surface area (Å²) in [6, 6.07) is 3.84. The molecule has 86 valence electrons. The van der Waals surface area contributed by atoms with Gasteiger partial charge in [-0.1, -0.05) is 10.6 Å². The molecule has 7 heteroatoms. The van der Waals surface area contributed by atoms with Crippen LogP contribution in [0.3, 0.4) is 0 Å². The van der Waals surface area contributed by atoms with Gasteiger partial charge in [0.1, 0.15) is 11.4 Å². The van der Waals surface area contributed by atoms with Gasteiger partial charge in [-0.25, -0.2) is 4.79 Å². The Kier molecular flexibility index (Phi) is 2.62. The first-order chi connectivity index (χ1) is 8.33. The van der Waals surface area contributed by atoms with Crippen LogP contribution in [0.15, 0.2) is 28.6 Å². The molecule has 0 saturated carbocycles. The number of nitrogens with one attached hydrogen (secondary N) is 1. The van der Waals surface area contributed by atoms with E-state index in [-0.39, 0.29) is 12.2 Å². The lowest BCUT2D eigenvalue weighted by Crippen LogP contribution is -2.11. The number of nitrogens with zero attached hydrogens (tertiary/aromatic N) is 2. The summed E-state index contributed by atoms with van der Waals surface area (Å²) in [5, 5.41) is 10.6. The van der Waals surface area contributed by atoms with Gasteiger partial charge in [-0.15, -0.1) is 16.4 Å². The van der Waals surface area contributed by atoms with Gasteiger partial charge in [0, 0.05) is 5.38 Å². The Balaban J connectivity index is 1.83. The zero-order valence-electron chi connectivity index (χ0n) is 8.49. The van der Waals surface area contributed by atoms with Gasteiger partial charge in [-0.3, -0.25) is 0 Å². The van der Waals surface area contributed by atoms with Crippen molar-refractivity contribution in [3.63, 3.8) is 0 Å². The van der Waals surface area contributed by atoms with E-state index in [4.69, 9.17) is 4.74 Å². The van der Waals surface area contributed by atoms with E-state index in [1.807, 2.05) is 17.5 Å². The standard InChI is InChI=1S/C10H7N3O2S2/c14-10-7(4-6-5-17-13-12-6)11-9(15-10)8-2-1-3-16-8/h1-5,9,11H/b7-4-. The predicted octanol–water partition coefficient (Wildman–Crippen LogP) is 1.79. The number of cyclic esters (lactones) is 1. The van der Waals surface area contributed by atoms with Gasteiger partial charge in [0.25, 0.3) is 0 Å². The van der Waals surface area contributed by atoms with Crippen molar-refractivity contribution in [3.8, 4) is 0 Å². The maximum Gasteiger partial charge on any atom is 0.356 e. The van der Waals surface area contributed by atoms with Crippen molar-refractivity contribution in [3.05, 3.63) is 39.2 Å². The predicted molar refractivity (Wildman–Crippen MR) is 64.2 cm³/mol. The molecular formula is C10H7N3O2S2. The SMILES string of the molecule is O=C1OC(c2cccs2)N/C1=C\c1csnn1. The molecular weight excluding hydrogens is 258 g/mol. The highest BCUT2D eigenvalue weighted by Crippen LogP contribution is 2.27. The molecule has 1 aliphatic heterocycles. The molecule has 2 aromatic heterocycles. The van der Waals surface area contributed by atoms with Crippen LogP contribution in [0.1, 0.15) is 16.8 Å². The molecule has 0 aliphatic carbocycles. The zero-order chi connectivity index (χ0) is 11.7. The topological polar surface area (TPSA) is 64.1 Å².